The average molecular weight is 343 g/mol. The molecule has 1 unspecified atom stereocenters. The lowest BCUT2D eigenvalue weighted by Crippen LogP contribution is -2.33. The lowest BCUT2D eigenvalue weighted by molar-refractivity contribution is -0.142. The van der Waals surface area contributed by atoms with Crippen LogP contribution in [0.3, 0.4) is 0 Å². The Morgan fingerprint density at radius 1 is 1.28 bits per heavy atom. The molecule has 25 heavy (non-hydrogen) atoms. The van der Waals surface area contributed by atoms with Crippen molar-refractivity contribution in [1.82, 2.24) is 15.1 Å². The number of carbonyl (C=O) groups is 2. The number of amides is 1. The topological polar surface area (TPSA) is 84.2 Å². The van der Waals surface area contributed by atoms with Gasteiger partial charge in [-0.1, -0.05) is 26.0 Å². The van der Waals surface area contributed by atoms with E-state index in [4.69, 9.17) is 0 Å². The number of nitrogens with one attached hydrogen (secondary N) is 1. The predicted octanol–water partition coefficient (Wildman–Crippen LogP) is 2.97. The Morgan fingerprint density at radius 3 is 2.60 bits per heavy atom. The second kappa shape index (κ2) is 7.96. The van der Waals surface area contributed by atoms with Gasteiger partial charge in [0.1, 0.15) is 0 Å². The molecule has 6 heteroatoms. The van der Waals surface area contributed by atoms with Crippen molar-refractivity contribution < 1.29 is 14.7 Å². The molecule has 1 amide bonds. The number of hydrogen-bond donors (Lipinski definition) is 2. The monoisotopic (exact) mass is 343 g/mol. The molecule has 0 saturated heterocycles. The van der Waals surface area contributed by atoms with Crippen LogP contribution in [0.15, 0.2) is 30.5 Å². The van der Waals surface area contributed by atoms with Gasteiger partial charge in [0.05, 0.1) is 29.1 Å². The molecular weight excluding hydrogens is 318 g/mol. The number of rotatable bonds is 7. The molecule has 1 aromatic heterocycles. The molecule has 134 valence electrons. The Kier molecular flexibility index (Phi) is 5.96. The van der Waals surface area contributed by atoms with Crippen LogP contribution in [0.5, 0.6) is 0 Å². The Labute approximate surface area is 147 Å². The van der Waals surface area contributed by atoms with E-state index in [2.05, 4.69) is 10.4 Å². The van der Waals surface area contributed by atoms with E-state index in [1.807, 2.05) is 52.0 Å². The summed E-state index contributed by atoms with van der Waals surface area (Å²) in [6.45, 7) is 7.87. The summed E-state index contributed by atoms with van der Waals surface area (Å²) in [5.74, 6) is -1.52. The van der Waals surface area contributed by atoms with Gasteiger partial charge < -0.3 is 10.4 Å². The number of aromatic nitrogens is 2. The molecule has 0 aliphatic rings. The lowest BCUT2D eigenvalue weighted by Gasteiger charge is -2.15. The molecule has 1 aromatic carbocycles. The fraction of sp³-hybridized carbons (Fsp3) is 0.421. The van der Waals surface area contributed by atoms with Crippen LogP contribution in [0, 0.1) is 25.7 Å². The van der Waals surface area contributed by atoms with Gasteiger partial charge in [0.15, 0.2) is 0 Å². The number of aliphatic carboxylic acids is 1. The number of carboxylic acid groups (broad SMARTS) is 1. The average Bonchev–Trinajstić information content (AvgIpc) is 2.92. The first-order valence-corrected chi connectivity index (χ1v) is 8.42. The van der Waals surface area contributed by atoms with Crippen molar-refractivity contribution in [2.45, 2.75) is 34.1 Å². The first-order chi connectivity index (χ1) is 11.8. The summed E-state index contributed by atoms with van der Waals surface area (Å²) in [7, 11) is 0. The predicted molar refractivity (Wildman–Crippen MR) is 96.0 cm³/mol. The van der Waals surface area contributed by atoms with Crippen LogP contribution < -0.4 is 5.32 Å². The lowest BCUT2D eigenvalue weighted by atomic mass is 9.97. The molecule has 0 radical (unpaired) electrons. The van der Waals surface area contributed by atoms with Crippen LogP contribution in [0.4, 0.5) is 0 Å². The molecule has 0 bridgehead atoms. The van der Waals surface area contributed by atoms with E-state index in [-0.39, 0.29) is 18.4 Å². The molecule has 6 nitrogen and oxygen atoms in total. The minimum atomic E-state index is -0.888. The standard InChI is InChI=1S/C19H25N3O3/c1-12(2)8-15(19(24)25)10-20-18(23)17-11-21-22(14(17)4)16-7-5-6-13(3)9-16/h5-7,9,11-12,15H,8,10H2,1-4H3,(H,20,23)(H,24,25). The van der Waals surface area contributed by atoms with E-state index in [1.54, 1.807) is 4.68 Å². The van der Waals surface area contributed by atoms with Gasteiger partial charge in [-0.25, -0.2) is 4.68 Å². The molecule has 1 atom stereocenters. The summed E-state index contributed by atoms with van der Waals surface area (Å²) in [6, 6.07) is 7.86. The van der Waals surface area contributed by atoms with Gasteiger partial charge in [0.25, 0.3) is 5.91 Å². The van der Waals surface area contributed by atoms with E-state index < -0.39 is 11.9 Å². The minimum Gasteiger partial charge on any atom is -0.481 e. The second-order valence-corrected chi connectivity index (χ2v) is 6.77. The molecule has 0 spiro atoms. The van der Waals surface area contributed by atoms with Crippen molar-refractivity contribution in [2.75, 3.05) is 6.54 Å². The third kappa shape index (κ3) is 4.68. The van der Waals surface area contributed by atoms with Gasteiger partial charge in [0, 0.05) is 6.54 Å². The molecular formula is C19H25N3O3. The smallest absolute Gasteiger partial charge is 0.308 e. The second-order valence-electron chi connectivity index (χ2n) is 6.77. The largest absolute Gasteiger partial charge is 0.481 e. The highest BCUT2D eigenvalue weighted by Crippen LogP contribution is 2.16. The van der Waals surface area contributed by atoms with Crippen LogP contribution in [-0.2, 0) is 4.79 Å². The summed E-state index contributed by atoms with van der Waals surface area (Å²) < 4.78 is 1.71. The van der Waals surface area contributed by atoms with Crippen molar-refractivity contribution in [3.8, 4) is 5.69 Å². The van der Waals surface area contributed by atoms with Gasteiger partial charge in [-0.2, -0.15) is 5.10 Å². The molecule has 0 aliphatic carbocycles. The van der Waals surface area contributed by atoms with Crippen LogP contribution in [0.1, 0.15) is 41.9 Å². The molecule has 2 aromatic rings. The highest BCUT2D eigenvalue weighted by atomic mass is 16.4. The molecule has 0 fully saturated rings. The van der Waals surface area contributed by atoms with E-state index in [0.717, 1.165) is 16.9 Å². The summed E-state index contributed by atoms with van der Waals surface area (Å²) in [5.41, 5.74) is 3.17. The Morgan fingerprint density at radius 2 is 2.00 bits per heavy atom. The third-order valence-electron chi connectivity index (χ3n) is 4.11. The van der Waals surface area contributed by atoms with Gasteiger partial charge in [-0.05, 0) is 43.9 Å². The SMILES string of the molecule is Cc1cccc(-n2ncc(C(=O)NCC(CC(C)C)C(=O)O)c2C)c1. The maximum absolute atomic E-state index is 12.4. The van der Waals surface area contributed by atoms with Crippen LogP contribution in [0.25, 0.3) is 5.69 Å². The normalized spacial score (nSPS) is 12.2. The Bertz CT molecular complexity index is 765. The number of hydrogen-bond acceptors (Lipinski definition) is 3. The number of carboxylic acids is 1. The van der Waals surface area contributed by atoms with Gasteiger partial charge >= 0.3 is 5.97 Å². The zero-order chi connectivity index (χ0) is 18.6. The quantitative estimate of drug-likeness (QED) is 0.809. The van der Waals surface area contributed by atoms with Crippen molar-refractivity contribution >= 4 is 11.9 Å². The van der Waals surface area contributed by atoms with Gasteiger partial charge in [-0.15, -0.1) is 0 Å². The zero-order valence-electron chi connectivity index (χ0n) is 15.1. The van der Waals surface area contributed by atoms with Crippen LogP contribution in [0.2, 0.25) is 0 Å². The summed E-state index contributed by atoms with van der Waals surface area (Å²) in [4.78, 5) is 23.7. The van der Waals surface area contributed by atoms with E-state index in [0.29, 0.717) is 12.0 Å². The molecule has 0 saturated carbocycles. The van der Waals surface area contributed by atoms with Crippen molar-refractivity contribution in [1.29, 1.82) is 0 Å². The summed E-state index contributed by atoms with van der Waals surface area (Å²) in [6.07, 6.45) is 2.04. The first-order valence-electron chi connectivity index (χ1n) is 8.42. The van der Waals surface area contributed by atoms with E-state index in [1.165, 1.54) is 6.20 Å². The highest BCUT2D eigenvalue weighted by Gasteiger charge is 2.21. The van der Waals surface area contributed by atoms with E-state index >= 15 is 0 Å². The van der Waals surface area contributed by atoms with Crippen molar-refractivity contribution in [3.63, 3.8) is 0 Å². The van der Waals surface area contributed by atoms with Crippen LogP contribution in [-0.4, -0.2) is 33.3 Å². The molecule has 2 rings (SSSR count). The van der Waals surface area contributed by atoms with E-state index in [9.17, 15) is 14.7 Å². The molecule has 1 heterocycles. The summed E-state index contributed by atoms with van der Waals surface area (Å²) >= 11 is 0. The maximum atomic E-state index is 12.4. The van der Waals surface area contributed by atoms with Gasteiger partial charge in [0.2, 0.25) is 0 Å². The Hall–Kier alpha value is -2.63. The fourth-order valence-corrected chi connectivity index (χ4v) is 2.80. The number of aryl methyl sites for hydroxylation is 1. The number of benzene rings is 1. The molecule has 2 N–H and O–H groups in total. The molecule has 0 aliphatic heterocycles. The van der Waals surface area contributed by atoms with Crippen LogP contribution >= 0.6 is 0 Å². The number of carbonyl (C=O) groups excluding carboxylic acids is 1. The fourth-order valence-electron chi connectivity index (χ4n) is 2.80. The highest BCUT2D eigenvalue weighted by molar-refractivity contribution is 5.95. The van der Waals surface area contributed by atoms with Gasteiger partial charge in [-0.3, -0.25) is 9.59 Å². The van der Waals surface area contributed by atoms with Crippen molar-refractivity contribution in [2.24, 2.45) is 11.8 Å². The Balaban J connectivity index is 2.11. The third-order valence-corrected chi connectivity index (χ3v) is 4.11. The zero-order valence-corrected chi connectivity index (χ0v) is 15.1. The summed E-state index contributed by atoms with van der Waals surface area (Å²) in [5, 5.41) is 16.3. The van der Waals surface area contributed by atoms with Crippen molar-refractivity contribution in [3.05, 3.63) is 47.3 Å². The minimum absolute atomic E-state index is 0.113. The number of nitrogens with zero attached hydrogens (tertiary/aromatic N) is 2. The maximum Gasteiger partial charge on any atom is 0.308 e. The first kappa shape index (κ1) is 18.7.